The molecule has 114 valence electrons. The molecule has 0 aromatic heterocycles. The zero-order valence-corrected chi connectivity index (χ0v) is 12.2. The molecule has 1 unspecified atom stereocenters. The molecule has 2 N–H and O–H groups in total. The molecule has 1 aliphatic heterocycles. The average Bonchev–Trinajstić information content (AvgIpc) is 3.01. The Labute approximate surface area is 129 Å². The van der Waals surface area contributed by atoms with Gasteiger partial charge < -0.3 is 15.4 Å². The van der Waals surface area contributed by atoms with Crippen LogP contribution in [-0.2, 0) is 11.3 Å². The number of terminal acetylenes is 1. The van der Waals surface area contributed by atoms with E-state index < -0.39 is 5.72 Å². The molecular weight excluding hydrogens is 280 g/mol. The van der Waals surface area contributed by atoms with Gasteiger partial charge in [-0.25, -0.2) is 14.8 Å². The molecule has 0 radical (unpaired) electrons. The van der Waals surface area contributed by atoms with Crippen LogP contribution in [0.15, 0.2) is 40.3 Å². The van der Waals surface area contributed by atoms with E-state index in [0.717, 1.165) is 5.56 Å². The molecule has 2 amide bonds. The number of aliphatic imine (C=N–C) groups is 2. The van der Waals surface area contributed by atoms with Crippen LogP contribution in [0.5, 0.6) is 0 Å². The second kappa shape index (κ2) is 7.96. The number of nitrogens with one attached hydrogen (secondary N) is 2. The quantitative estimate of drug-likeness (QED) is 0.745. The Hall–Kier alpha value is -2.65. The summed E-state index contributed by atoms with van der Waals surface area (Å²) in [5.41, 5.74) is 0.179. The molecule has 0 saturated heterocycles. The summed E-state index contributed by atoms with van der Waals surface area (Å²) < 4.78 is 5.50. The van der Waals surface area contributed by atoms with Crippen molar-refractivity contribution in [3.05, 3.63) is 35.9 Å². The number of hydrogen-bond acceptors (Lipinski definition) is 4. The van der Waals surface area contributed by atoms with Gasteiger partial charge in [0.2, 0.25) is 0 Å². The molecule has 0 spiro atoms. The normalized spacial score (nSPS) is 18.9. The van der Waals surface area contributed by atoms with E-state index in [2.05, 4.69) is 26.5 Å². The first-order valence-electron chi connectivity index (χ1n) is 6.95. The number of hydrogen-bond donors (Lipinski definition) is 2. The van der Waals surface area contributed by atoms with Gasteiger partial charge in [-0.1, -0.05) is 36.3 Å². The van der Waals surface area contributed by atoms with Crippen molar-refractivity contribution in [1.82, 2.24) is 10.6 Å². The maximum absolute atomic E-state index is 11.7. The second-order valence-corrected chi connectivity index (χ2v) is 4.71. The van der Waals surface area contributed by atoms with Crippen molar-refractivity contribution in [3.63, 3.8) is 0 Å². The highest BCUT2D eigenvalue weighted by Gasteiger charge is 2.29. The fraction of sp³-hybridized carbons (Fsp3) is 0.312. The van der Waals surface area contributed by atoms with E-state index in [1.165, 1.54) is 6.34 Å². The molecule has 1 aromatic carbocycles. The van der Waals surface area contributed by atoms with E-state index in [-0.39, 0.29) is 12.6 Å². The van der Waals surface area contributed by atoms with E-state index >= 15 is 0 Å². The minimum Gasteiger partial charge on any atom is -0.338 e. The lowest BCUT2D eigenvalue weighted by Gasteiger charge is -2.22. The fourth-order valence-electron chi connectivity index (χ4n) is 1.95. The number of ether oxygens (including phenoxy) is 1. The van der Waals surface area contributed by atoms with Crippen LogP contribution in [0.25, 0.3) is 0 Å². The summed E-state index contributed by atoms with van der Waals surface area (Å²) in [7, 11) is 0. The van der Waals surface area contributed by atoms with Gasteiger partial charge >= 0.3 is 6.03 Å². The second-order valence-electron chi connectivity index (χ2n) is 4.71. The number of benzene rings is 1. The molecule has 2 rings (SSSR count). The third kappa shape index (κ3) is 4.72. The smallest absolute Gasteiger partial charge is 0.315 e. The van der Waals surface area contributed by atoms with Gasteiger partial charge in [-0.2, -0.15) is 0 Å². The lowest BCUT2D eigenvalue weighted by atomic mass is 10.1. The molecule has 0 fully saturated rings. The van der Waals surface area contributed by atoms with E-state index in [4.69, 9.17) is 11.2 Å². The summed E-state index contributed by atoms with van der Waals surface area (Å²) in [5, 5.41) is 5.55. The number of urea groups is 1. The maximum atomic E-state index is 11.7. The predicted octanol–water partition coefficient (Wildman–Crippen LogP) is 1.33. The minimum absolute atomic E-state index is 0.142. The molecular formula is C16H18N4O2. The fourth-order valence-corrected chi connectivity index (χ4v) is 1.95. The number of carbonyl (C=O) groups is 1. The van der Waals surface area contributed by atoms with Gasteiger partial charge in [0.15, 0.2) is 5.72 Å². The van der Waals surface area contributed by atoms with E-state index in [9.17, 15) is 4.79 Å². The highest BCUT2D eigenvalue weighted by molar-refractivity contribution is 5.84. The van der Waals surface area contributed by atoms with Crippen molar-refractivity contribution in [2.75, 3.05) is 13.2 Å². The monoisotopic (exact) mass is 298 g/mol. The first kappa shape index (κ1) is 15.7. The van der Waals surface area contributed by atoms with Crippen LogP contribution in [0.2, 0.25) is 0 Å². The van der Waals surface area contributed by atoms with Gasteiger partial charge in [0.25, 0.3) is 0 Å². The van der Waals surface area contributed by atoms with Crippen LogP contribution >= 0.6 is 0 Å². The summed E-state index contributed by atoms with van der Waals surface area (Å²) in [5.74, 6) is 2.40. The van der Waals surface area contributed by atoms with Gasteiger partial charge in [-0.3, -0.25) is 0 Å². The van der Waals surface area contributed by atoms with Crippen LogP contribution < -0.4 is 10.6 Å². The minimum atomic E-state index is -0.862. The van der Waals surface area contributed by atoms with Gasteiger partial charge in [0.1, 0.15) is 12.9 Å². The molecule has 0 bridgehead atoms. The molecule has 0 saturated carbocycles. The number of nitrogens with zero attached hydrogens (tertiary/aromatic N) is 2. The molecule has 6 heteroatoms. The predicted molar refractivity (Wildman–Crippen MR) is 85.8 cm³/mol. The Morgan fingerprint density at radius 2 is 2.14 bits per heavy atom. The maximum Gasteiger partial charge on any atom is 0.315 e. The Morgan fingerprint density at radius 3 is 2.82 bits per heavy atom. The molecule has 0 aliphatic carbocycles. The van der Waals surface area contributed by atoms with Crippen molar-refractivity contribution in [1.29, 1.82) is 0 Å². The SMILES string of the molecule is C#CCOC1(CCNC(=O)NCc2ccccc2)C=NC=N1. The van der Waals surface area contributed by atoms with Crippen molar-refractivity contribution >= 4 is 18.6 Å². The van der Waals surface area contributed by atoms with Crippen molar-refractivity contribution in [2.24, 2.45) is 9.98 Å². The Balaban J connectivity index is 1.71. The standard InChI is InChI=1S/C16H18N4O2/c1-2-10-22-16(12-17-13-20-16)8-9-18-15(21)19-11-14-6-4-3-5-7-14/h1,3-7,12-13H,8-11H2,(H2,18,19,21). The van der Waals surface area contributed by atoms with E-state index in [1.807, 2.05) is 30.3 Å². The lowest BCUT2D eigenvalue weighted by molar-refractivity contribution is 0.0360. The van der Waals surface area contributed by atoms with Crippen molar-refractivity contribution in [3.8, 4) is 12.3 Å². The van der Waals surface area contributed by atoms with Gasteiger partial charge in [-0.05, 0) is 5.56 Å². The molecule has 1 atom stereocenters. The van der Waals surface area contributed by atoms with Gasteiger partial charge in [0.05, 0.1) is 6.21 Å². The Morgan fingerprint density at radius 1 is 1.32 bits per heavy atom. The summed E-state index contributed by atoms with van der Waals surface area (Å²) in [6, 6.07) is 9.45. The largest absolute Gasteiger partial charge is 0.338 e. The first-order valence-corrected chi connectivity index (χ1v) is 6.95. The summed E-state index contributed by atoms with van der Waals surface area (Å²) in [4.78, 5) is 19.8. The van der Waals surface area contributed by atoms with E-state index in [1.54, 1.807) is 6.21 Å². The van der Waals surface area contributed by atoms with Crippen LogP contribution in [0.3, 0.4) is 0 Å². The highest BCUT2D eigenvalue weighted by atomic mass is 16.5. The molecule has 1 aromatic rings. The number of amides is 2. The lowest BCUT2D eigenvalue weighted by Crippen LogP contribution is -2.40. The molecule has 6 nitrogen and oxygen atoms in total. The van der Waals surface area contributed by atoms with Crippen LogP contribution in [0, 0.1) is 12.3 Å². The van der Waals surface area contributed by atoms with Crippen LogP contribution in [0.1, 0.15) is 12.0 Å². The molecule has 1 heterocycles. The van der Waals surface area contributed by atoms with Crippen molar-refractivity contribution < 1.29 is 9.53 Å². The topological polar surface area (TPSA) is 75.1 Å². The zero-order valence-electron chi connectivity index (χ0n) is 12.2. The van der Waals surface area contributed by atoms with Crippen LogP contribution in [0.4, 0.5) is 4.79 Å². The van der Waals surface area contributed by atoms with Crippen LogP contribution in [-0.4, -0.2) is 37.5 Å². The first-order chi connectivity index (χ1) is 10.7. The number of carbonyl (C=O) groups excluding carboxylic acids is 1. The third-order valence-corrected chi connectivity index (χ3v) is 3.09. The molecule has 22 heavy (non-hydrogen) atoms. The summed E-state index contributed by atoms with van der Waals surface area (Å²) in [6.07, 6.45) is 8.67. The summed E-state index contributed by atoms with van der Waals surface area (Å²) >= 11 is 0. The third-order valence-electron chi connectivity index (χ3n) is 3.09. The van der Waals surface area contributed by atoms with Gasteiger partial charge in [-0.15, -0.1) is 6.42 Å². The zero-order chi connectivity index (χ0) is 15.7. The van der Waals surface area contributed by atoms with Crippen molar-refractivity contribution in [2.45, 2.75) is 18.7 Å². The summed E-state index contributed by atoms with van der Waals surface area (Å²) in [6.45, 7) is 1.02. The van der Waals surface area contributed by atoms with E-state index in [0.29, 0.717) is 19.5 Å². The molecule has 1 aliphatic rings. The average molecular weight is 298 g/mol. The number of rotatable bonds is 7. The van der Waals surface area contributed by atoms with Gasteiger partial charge in [0, 0.05) is 19.5 Å². The highest BCUT2D eigenvalue weighted by Crippen LogP contribution is 2.18. The Bertz CT molecular complexity index is 578. The Kier molecular flexibility index (Phi) is 5.69.